The summed E-state index contributed by atoms with van der Waals surface area (Å²) in [6, 6.07) is 10.4. The molecular formula is C25H24ClN7. The molecule has 1 saturated carbocycles. The van der Waals surface area contributed by atoms with Crippen LogP contribution in [0, 0.1) is 5.41 Å². The van der Waals surface area contributed by atoms with Crippen molar-refractivity contribution in [1.82, 2.24) is 34.8 Å². The molecule has 1 aliphatic heterocycles. The smallest absolute Gasteiger partial charge is 0.112 e. The van der Waals surface area contributed by atoms with Crippen LogP contribution < -0.4 is 5.32 Å². The van der Waals surface area contributed by atoms with Crippen molar-refractivity contribution >= 4 is 33.4 Å². The van der Waals surface area contributed by atoms with Gasteiger partial charge in [0.15, 0.2) is 0 Å². The summed E-state index contributed by atoms with van der Waals surface area (Å²) < 4.78 is 4.18. The van der Waals surface area contributed by atoms with Crippen LogP contribution in [0.3, 0.4) is 0 Å². The standard InChI is InChI=1S/C25H24ClN7/c1-32-23(18-6-17(26)7-20-19(18)11-28-31-20)22(14-3-4-21-15(5-14)10-29-33(21)2)30-24(32)16-8-25(9-16)12-27-13-25/h3-7,10-11,16,27H,8-9,12-13H2,1-2H3,(H,28,31). The maximum absolute atomic E-state index is 6.54. The zero-order chi connectivity index (χ0) is 22.3. The zero-order valence-electron chi connectivity index (χ0n) is 18.6. The summed E-state index contributed by atoms with van der Waals surface area (Å²) in [6.07, 6.45) is 6.18. The third-order valence-corrected chi connectivity index (χ3v) is 7.87. The summed E-state index contributed by atoms with van der Waals surface area (Å²) in [5, 5.41) is 18.0. The van der Waals surface area contributed by atoms with Gasteiger partial charge >= 0.3 is 0 Å². The Morgan fingerprint density at radius 2 is 1.94 bits per heavy atom. The fourth-order valence-corrected chi connectivity index (χ4v) is 6.07. The molecule has 2 N–H and O–H groups in total. The molecule has 2 aliphatic rings. The van der Waals surface area contributed by atoms with E-state index in [9.17, 15) is 0 Å². The van der Waals surface area contributed by atoms with Crippen molar-refractivity contribution in [3.8, 4) is 22.5 Å². The first-order valence-corrected chi connectivity index (χ1v) is 11.7. The summed E-state index contributed by atoms with van der Waals surface area (Å²) in [6.45, 7) is 2.27. The number of benzene rings is 2. The molecule has 0 atom stereocenters. The van der Waals surface area contributed by atoms with Gasteiger partial charge < -0.3 is 9.88 Å². The first kappa shape index (κ1) is 19.3. The van der Waals surface area contributed by atoms with Gasteiger partial charge in [-0.3, -0.25) is 9.78 Å². The molecule has 2 fully saturated rings. The number of H-pyrrole nitrogens is 1. The van der Waals surface area contributed by atoms with Crippen LogP contribution >= 0.6 is 11.6 Å². The van der Waals surface area contributed by atoms with Gasteiger partial charge in [0.25, 0.3) is 0 Å². The number of aryl methyl sites for hydroxylation is 1. The quantitative estimate of drug-likeness (QED) is 0.414. The van der Waals surface area contributed by atoms with Gasteiger partial charge in [0.2, 0.25) is 0 Å². The minimum absolute atomic E-state index is 0.478. The minimum atomic E-state index is 0.478. The van der Waals surface area contributed by atoms with Gasteiger partial charge in [-0.05, 0) is 42.5 Å². The van der Waals surface area contributed by atoms with Gasteiger partial charge in [-0.25, -0.2) is 4.98 Å². The molecule has 1 saturated heterocycles. The normalized spacial score (nSPS) is 17.7. The molecule has 7 rings (SSSR count). The van der Waals surface area contributed by atoms with Crippen molar-refractivity contribution in [2.24, 2.45) is 19.5 Å². The molecule has 0 amide bonds. The summed E-state index contributed by atoms with van der Waals surface area (Å²) in [5.74, 6) is 1.63. The van der Waals surface area contributed by atoms with Crippen LogP contribution in [0.15, 0.2) is 42.7 Å². The van der Waals surface area contributed by atoms with E-state index < -0.39 is 0 Å². The summed E-state index contributed by atoms with van der Waals surface area (Å²) in [4.78, 5) is 5.28. The molecule has 4 heterocycles. The highest BCUT2D eigenvalue weighted by Gasteiger charge is 2.50. The minimum Gasteiger partial charge on any atom is -0.330 e. The molecular weight excluding hydrogens is 434 g/mol. The van der Waals surface area contributed by atoms with Crippen LogP contribution in [-0.4, -0.2) is 42.6 Å². The third-order valence-electron chi connectivity index (χ3n) is 7.65. The molecule has 8 heteroatoms. The van der Waals surface area contributed by atoms with Crippen molar-refractivity contribution in [2.45, 2.75) is 18.8 Å². The van der Waals surface area contributed by atoms with Crippen molar-refractivity contribution < 1.29 is 0 Å². The van der Waals surface area contributed by atoms with E-state index in [4.69, 9.17) is 16.6 Å². The lowest BCUT2D eigenvalue weighted by Gasteiger charge is -2.54. The predicted octanol–water partition coefficient (Wildman–Crippen LogP) is 4.64. The van der Waals surface area contributed by atoms with Gasteiger partial charge in [-0.15, -0.1) is 0 Å². The Balaban J connectivity index is 1.45. The van der Waals surface area contributed by atoms with Gasteiger partial charge in [-0.1, -0.05) is 17.7 Å². The van der Waals surface area contributed by atoms with E-state index in [0.29, 0.717) is 16.4 Å². The van der Waals surface area contributed by atoms with Crippen LogP contribution in [0.25, 0.3) is 44.3 Å². The number of halogens is 1. The Morgan fingerprint density at radius 1 is 1.09 bits per heavy atom. The number of aromatic amines is 1. The molecule has 0 unspecified atom stereocenters. The lowest BCUT2D eigenvalue weighted by atomic mass is 9.58. The lowest BCUT2D eigenvalue weighted by molar-refractivity contribution is 0.0321. The molecule has 33 heavy (non-hydrogen) atoms. The second-order valence-corrected chi connectivity index (χ2v) is 10.2. The van der Waals surface area contributed by atoms with Crippen molar-refractivity contribution in [1.29, 1.82) is 0 Å². The Morgan fingerprint density at radius 3 is 2.73 bits per heavy atom. The summed E-state index contributed by atoms with van der Waals surface area (Å²) in [7, 11) is 4.11. The highest BCUT2D eigenvalue weighted by atomic mass is 35.5. The Bertz CT molecular complexity index is 1540. The van der Waals surface area contributed by atoms with Gasteiger partial charge in [0.1, 0.15) is 5.82 Å². The third kappa shape index (κ3) is 2.75. The number of nitrogens with zero attached hydrogens (tertiary/aromatic N) is 5. The Labute approximate surface area is 195 Å². The Hall–Kier alpha value is -3.16. The fourth-order valence-electron chi connectivity index (χ4n) is 5.85. The molecule has 3 aromatic heterocycles. The molecule has 1 spiro atoms. The van der Waals surface area contributed by atoms with Gasteiger partial charge in [0, 0.05) is 60.0 Å². The van der Waals surface area contributed by atoms with E-state index in [1.807, 2.05) is 36.3 Å². The van der Waals surface area contributed by atoms with Crippen LogP contribution in [0.4, 0.5) is 0 Å². The van der Waals surface area contributed by atoms with E-state index >= 15 is 0 Å². The van der Waals surface area contributed by atoms with E-state index in [1.165, 1.54) is 12.8 Å². The number of hydrogen-bond acceptors (Lipinski definition) is 4. The molecule has 0 radical (unpaired) electrons. The number of aromatic nitrogens is 6. The van der Waals surface area contributed by atoms with E-state index in [0.717, 1.165) is 63.2 Å². The van der Waals surface area contributed by atoms with Crippen molar-refractivity contribution in [2.75, 3.05) is 13.1 Å². The maximum atomic E-state index is 6.54. The molecule has 5 aromatic rings. The molecule has 1 aliphatic carbocycles. The summed E-state index contributed by atoms with van der Waals surface area (Å²) in [5.41, 5.74) is 6.72. The SMILES string of the molecule is Cn1c(C2CC3(CNC3)C2)nc(-c2ccc3c(cnn3C)c2)c1-c1cc(Cl)cc2[nH]ncc12. The molecule has 2 aromatic carbocycles. The average Bonchev–Trinajstić information content (AvgIpc) is 3.43. The fraction of sp³-hybridized carbons (Fsp3) is 0.320. The van der Waals surface area contributed by atoms with E-state index in [1.54, 1.807) is 0 Å². The number of rotatable bonds is 3. The van der Waals surface area contributed by atoms with Gasteiger partial charge in [0.05, 0.1) is 34.8 Å². The average molecular weight is 458 g/mol. The first-order chi connectivity index (χ1) is 16.0. The van der Waals surface area contributed by atoms with Crippen molar-refractivity contribution in [3.63, 3.8) is 0 Å². The number of nitrogens with one attached hydrogen (secondary N) is 2. The van der Waals surface area contributed by atoms with Crippen LogP contribution in [-0.2, 0) is 14.1 Å². The highest BCUT2D eigenvalue weighted by molar-refractivity contribution is 6.32. The van der Waals surface area contributed by atoms with Crippen LogP contribution in [0.1, 0.15) is 24.6 Å². The monoisotopic (exact) mass is 457 g/mol. The van der Waals surface area contributed by atoms with Crippen LogP contribution in [0.5, 0.6) is 0 Å². The van der Waals surface area contributed by atoms with E-state index in [-0.39, 0.29) is 0 Å². The second kappa shape index (κ2) is 6.68. The Kier molecular flexibility index (Phi) is 3.91. The number of fused-ring (bicyclic) bond motifs is 2. The van der Waals surface area contributed by atoms with Crippen LogP contribution in [0.2, 0.25) is 5.02 Å². The second-order valence-electron chi connectivity index (χ2n) is 9.76. The zero-order valence-corrected chi connectivity index (χ0v) is 19.3. The molecule has 166 valence electrons. The van der Waals surface area contributed by atoms with E-state index in [2.05, 4.69) is 50.4 Å². The van der Waals surface area contributed by atoms with Gasteiger partial charge in [-0.2, -0.15) is 10.2 Å². The first-order valence-electron chi connectivity index (χ1n) is 11.3. The maximum Gasteiger partial charge on any atom is 0.112 e. The largest absolute Gasteiger partial charge is 0.330 e. The number of imidazole rings is 1. The topological polar surface area (TPSA) is 76.3 Å². The summed E-state index contributed by atoms with van der Waals surface area (Å²) >= 11 is 6.54. The molecule has 0 bridgehead atoms. The predicted molar refractivity (Wildman–Crippen MR) is 130 cm³/mol. The van der Waals surface area contributed by atoms with Crippen molar-refractivity contribution in [3.05, 3.63) is 53.6 Å². The number of hydrogen-bond donors (Lipinski definition) is 2. The lowest BCUT2D eigenvalue weighted by Crippen LogP contribution is -2.59. The molecule has 7 nitrogen and oxygen atoms in total. The highest BCUT2D eigenvalue weighted by Crippen LogP contribution is 2.54.